The Bertz CT molecular complexity index is 654. The summed E-state index contributed by atoms with van der Waals surface area (Å²) in [6.45, 7) is -0.00685. The van der Waals surface area contributed by atoms with E-state index >= 15 is 0 Å². The topological polar surface area (TPSA) is 64.6 Å². The van der Waals surface area contributed by atoms with Gasteiger partial charge in [0.05, 0.1) is 6.54 Å². The van der Waals surface area contributed by atoms with Crippen LogP contribution in [-0.4, -0.2) is 31.8 Å². The molecular weight excluding hydrogens is 324 g/mol. The standard InChI is InChI=1S/C15H17F2N3O2S/c1-20(2)14-10(16)6-9(7-11(14)17)19-15(22)18-8-12(21)13-4-3-5-23-13/h3-7,12,21H,8H2,1-2H3,(H2,18,19,22)/t12-/m1/s1. The van der Waals surface area contributed by atoms with E-state index < -0.39 is 23.8 Å². The maximum Gasteiger partial charge on any atom is 0.319 e. The van der Waals surface area contributed by atoms with E-state index in [1.54, 1.807) is 12.1 Å². The Morgan fingerprint density at radius 2 is 2.00 bits per heavy atom. The summed E-state index contributed by atoms with van der Waals surface area (Å²) in [5, 5.41) is 16.4. The number of thiophene rings is 1. The molecule has 5 nitrogen and oxygen atoms in total. The number of carbonyl (C=O) groups is 1. The average Bonchev–Trinajstić information content (AvgIpc) is 2.97. The second-order valence-electron chi connectivity index (χ2n) is 5.05. The number of aliphatic hydroxyl groups is 1. The zero-order valence-corrected chi connectivity index (χ0v) is 13.5. The maximum absolute atomic E-state index is 13.8. The number of nitrogens with zero attached hydrogens (tertiary/aromatic N) is 1. The third kappa shape index (κ3) is 4.40. The van der Waals surface area contributed by atoms with Crippen molar-refractivity contribution in [1.29, 1.82) is 0 Å². The number of rotatable bonds is 5. The second kappa shape index (κ2) is 7.38. The van der Waals surface area contributed by atoms with Crippen molar-refractivity contribution in [3.8, 4) is 0 Å². The van der Waals surface area contributed by atoms with Gasteiger partial charge in [-0.15, -0.1) is 11.3 Å². The van der Waals surface area contributed by atoms with Gasteiger partial charge in [0.25, 0.3) is 0 Å². The highest BCUT2D eigenvalue weighted by atomic mass is 32.1. The molecule has 2 rings (SSSR count). The lowest BCUT2D eigenvalue weighted by molar-refractivity contribution is 0.178. The number of amides is 2. The molecule has 1 aromatic carbocycles. The molecule has 0 saturated carbocycles. The van der Waals surface area contributed by atoms with Crippen molar-refractivity contribution in [2.75, 3.05) is 30.9 Å². The van der Waals surface area contributed by atoms with Crippen LogP contribution in [0.4, 0.5) is 25.0 Å². The fourth-order valence-electron chi connectivity index (χ4n) is 2.01. The quantitative estimate of drug-likeness (QED) is 0.783. The average molecular weight is 341 g/mol. The van der Waals surface area contributed by atoms with Crippen molar-refractivity contribution >= 4 is 28.7 Å². The van der Waals surface area contributed by atoms with Gasteiger partial charge in [-0.25, -0.2) is 13.6 Å². The summed E-state index contributed by atoms with van der Waals surface area (Å²) >= 11 is 1.37. The van der Waals surface area contributed by atoms with E-state index in [0.717, 1.165) is 17.0 Å². The minimum absolute atomic E-state index is 0.00582. The van der Waals surface area contributed by atoms with Gasteiger partial charge in [-0.3, -0.25) is 0 Å². The smallest absolute Gasteiger partial charge is 0.319 e. The van der Waals surface area contributed by atoms with Gasteiger partial charge in [-0.2, -0.15) is 0 Å². The highest BCUT2D eigenvalue weighted by Crippen LogP contribution is 2.25. The van der Waals surface area contributed by atoms with Crippen LogP contribution in [0.3, 0.4) is 0 Å². The first-order valence-electron chi connectivity index (χ1n) is 6.81. The summed E-state index contributed by atoms with van der Waals surface area (Å²) in [5.41, 5.74) is -0.183. The fourth-order valence-corrected chi connectivity index (χ4v) is 2.72. The first-order valence-corrected chi connectivity index (χ1v) is 7.69. The molecule has 0 unspecified atom stereocenters. The number of anilines is 2. The van der Waals surface area contributed by atoms with Crippen molar-refractivity contribution < 1.29 is 18.7 Å². The molecule has 23 heavy (non-hydrogen) atoms. The third-order valence-corrected chi connectivity index (χ3v) is 4.02. The molecule has 1 atom stereocenters. The first kappa shape index (κ1) is 17.2. The highest BCUT2D eigenvalue weighted by Gasteiger charge is 2.15. The normalized spacial score (nSPS) is 11.9. The van der Waals surface area contributed by atoms with Gasteiger partial charge in [-0.05, 0) is 23.6 Å². The molecular formula is C15H17F2N3O2S. The van der Waals surface area contributed by atoms with E-state index in [9.17, 15) is 18.7 Å². The van der Waals surface area contributed by atoms with Crippen molar-refractivity contribution in [2.45, 2.75) is 6.10 Å². The summed E-state index contributed by atoms with van der Waals surface area (Å²) in [4.78, 5) is 13.8. The Kier molecular flexibility index (Phi) is 5.51. The van der Waals surface area contributed by atoms with Crippen molar-refractivity contribution in [1.82, 2.24) is 5.32 Å². The molecule has 2 amide bonds. The van der Waals surface area contributed by atoms with E-state index in [1.807, 2.05) is 5.38 Å². The maximum atomic E-state index is 13.8. The summed E-state index contributed by atoms with van der Waals surface area (Å²) in [6.07, 6.45) is -0.828. The van der Waals surface area contributed by atoms with Gasteiger partial charge in [0.15, 0.2) is 11.6 Å². The van der Waals surface area contributed by atoms with Gasteiger partial charge < -0.3 is 20.6 Å². The molecule has 1 aromatic heterocycles. The number of carbonyl (C=O) groups excluding carboxylic acids is 1. The predicted molar refractivity (Wildman–Crippen MR) is 87.0 cm³/mol. The van der Waals surface area contributed by atoms with Crippen LogP contribution in [0.1, 0.15) is 11.0 Å². The second-order valence-corrected chi connectivity index (χ2v) is 6.03. The summed E-state index contributed by atoms with van der Waals surface area (Å²) < 4.78 is 27.6. The van der Waals surface area contributed by atoms with Crippen LogP contribution in [0, 0.1) is 11.6 Å². The molecule has 0 saturated heterocycles. The zero-order valence-electron chi connectivity index (χ0n) is 12.6. The molecule has 0 aliphatic heterocycles. The van der Waals surface area contributed by atoms with Crippen molar-refractivity contribution in [3.05, 3.63) is 46.2 Å². The molecule has 0 aliphatic rings. The van der Waals surface area contributed by atoms with Gasteiger partial charge >= 0.3 is 6.03 Å². The van der Waals surface area contributed by atoms with E-state index in [4.69, 9.17) is 0 Å². The van der Waals surface area contributed by atoms with E-state index in [1.165, 1.54) is 30.3 Å². The molecule has 3 N–H and O–H groups in total. The molecule has 2 aromatic rings. The molecule has 0 fully saturated rings. The molecule has 124 valence electrons. The lowest BCUT2D eigenvalue weighted by Crippen LogP contribution is -2.32. The Labute approximate surface area is 136 Å². The fraction of sp³-hybridized carbons (Fsp3) is 0.267. The van der Waals surface area contributed by atoms with Crippen molar-refractivity contribution in [3.63, 3.8) is 0 Å². The minimum Gasteiger partial charge on any atom is -0.386 e. The number of nitrogens with one attached hydrogen (secondary N) is 2. The lowest BCUT2D eigenvalue weighted by Gasteiger charge is -2.16. The van der Waals surface area contributed by atoms with E-state index in [0.29, 0.717) is 0 Å². The molecule has 0 spiro atoms. The summed E-state index contributed by atoms with van der Waals surface area (Å²) in [6, 6.07) is 4.96. The number of hydrogen-bond donors (Lipinski definition) is 3. The third-order valence-electron chi connectivity index (χ3n) is 3.05. The number of benzene rings is 1. The zero-order chi connectivity index (χ0) is 17.0. The minimum atomic E-state index is -0.828. The van der Waals surface area contributed by atoms with Crippen LogP contribution < -0.4 is 15.5 Å². The first-order chi connectivity index (χ1) is 10.9. The van der Waals surface area contributed by atoms with Gasteiger partial charge in [0.2, 0.25) is 0 Å². The number of urea groups is 1. The molecule has 0 radical (unpaired) electrons. The van der Waals surface area contributed by atoms with Gasteiger partial charge in [0.1, 0.15) is 11.8 Å². The van der Waals surface area contributed by atoms with Crippen LogP contribution in [0.15, 0.2) is 29.6 Å². The van der Waals surface area contributed by atoms with E-state index in [-0.39, 0.29) is 17.9 Å². The van der Waals surface area contributed by atoms with Crippen LogP contribution in [0.25, 0.3) is 0 Å². The number of aliphatic hydroxyl groups excluding tert-OH is 1. The summed E-state index contributed by atoms with van der Waals surface area (Å²) in [5.74, 6) is -1.55. The van der Waals surface area contributed by atoms with Gasteiger partial charge in [0, 0.05) is 24.7 Å². The molecule has 0 bridgehead atoms. The van der Waals surface area contributed by atoms with Crippen LogP contribution >= 0.6 is 11.3 Å². The number of halogens is 2. The van der Waals surface area contributed by atoms with Crippen LogP contribution in [-0.2, 0) is 0 Å². The number of hydrogen-bond acceptors (Lipinski definition) is 4. The molecule has 8 heteroatoms. The Balaban J connectivity index is 1.95. The lowest BCUT2D eigenvalue weighted by atomic mass is 10.2. The molecule has 1 heterocycles. The SMILES string of the molecule is CN(C)c1c(F)cc(NC(=O)NC[C@@H](O)c2cccs2)cc1F. The Hall–Kier alpha value is -2.19. The molecule has 0 aliphatic carbocycles. The van der Waals surface area contributed by atoms with Gasteiger partial charge in [-0.1, -0.05) is 6.07 Å². The predicted octanol–water partition coefficient (Wildman–Crippen LogP) is 2.95. The van der Waals surface area contributed by atoms with Crippen molar-refractivity contribution in [2.24, 2.45) is 0 Å². The monoisotopic (exact) mass is 341 g/mol. The Morgan fingerprint density at radius 1 is 1.35 bits per heavy atom. The highest BCUT2D eigenvalue weighted by molar-refractivity contribution is 7.10. The van der Waals surface area contributed by atoms with Crippen LogP contribution in [0.5, 0.6) is 0 Å². The summed E-state index contributed by atoms with van der Waals surface area (Å²) in [7, 11) is 3.04. The largest absolute Gasteiger partial charge is 0.386 e. The van der Waals surface area contributed by atoms with Crippen LogP contribution in [0.2, 0.25) is 0 Å². The Morgan fingerprint density at radius 3 is 2.52 bits per heavy atom. The van der Waals surface area contributed by atoms with E-state index in [2.05, 4.69) is 10.6 Å².